The van der Waals surface area contributed by atoms with Crippen LogP contribution in [0.15, 0.2) is 0 Å². The number of piperidine rings is 1. The first-order valence-corrected chi connectivity index (χ1v) is 6.68. The Bertz CT molecular complexity index is 338. The van der Waals surface area contributed by atoms with Gasteiger partial charge in [0.1, 0.15) is 11.6 Å². The summed E-state index contributed by atoms with van der Waals surface area (Å²) in [5.74, 6) is -0.458. The summed E-state index contributed by atoms with van der Waals surface area (Å²) >= 11 is 0. The quantitative estimate of drug-likeness (QED) is 0.766. The summed E-state index contributed by atoms with van der Waals surface area (Å²) in [6, 6.07) is -1.15. The second-order valence-electron chi connectivity index (χ2n) is 5.68. The largest absolute Gasteiger partial charge is 0.464 e. The Balaban J connectivity index is 2.82. The van der Waals surface area contributed by atoms with Crippen LogP contribution < -0.4 is 5.73 Å². The van der Waals surface area contributed by atoms with Gasteiger partial charge in [0, 0.05) is 12.6 Å². The number of esters is 1. The highest BCUT2D eigenvalue weighted by Crippen LogP contribution is 2.20. The average Bonchev–Trinajstić information content (AvgIpc) is 2.26. The Labute approximate surface area is 114 Å². The lowest BCUT2D eigenvalue weighted by atomic mass is 9.97. The molecule has 1 heterocycles. The Morgan fingerprint density at radius 3 is 2.53 bits per heavy atom. The van der Waals surface area contributed by atoms with Crippen molar-refractivity contribution in [2.24, 2.45) is 5.73 Å². The summed E-state index contributed by atoms with van der Waals surface area (Å²) in [4.78, 5) is 25.4. The van der Waals surface area contributed by atoms with E-state index in [9.17, 15) is 9.59 Å². The Morgan fingerprint density at radius 1 is 1.37 bits per heavy atom. The molecule has 0 aliphatic carbocycles. The van der Waals surface area contributed by atoms with Crippen molar-refractivity contribution >= 4 is 12.1 Å². The fourth-order valence-electron chi connectivity index (χ4n) is 2.08. The van der Waals surface area contributed by atoms with Crippen LogP contribution in [0.25, 0.3) is 0 Å². The van der Waals surface area contributed by atoms with Crippen LogP contribution in [0, 0.1) is 0 Å². The van der Waals surface area contributed by atoms with Gasteiger partial charge in [-0.05, 0) is 40.5 Å². The van der Waals surface area contributed by atoms with Crippen LogP contribution in [-0.2, 0) is 14.3 Å². The van der Waals surface area contributed by atoms with E-state index in [1.807, 2.05) is 0 Å². The third-order valence-corrected chi connectivity index (χ3v) is 2.83. The minimum Gasteiger partial charge on any atom is -0.464 e. The molecule has 0 spiro atoms. The van der Waals surface area contributed by atoms with E-state index in [1.54, 1.807) is 27.7 Å². The Kier molecular flexibility index (Phi) is 5.17. The van der Waals surface area contributed by atoms with E-state index in [2.05, 4.69) is 0 Å². The molecule has 110 valence electrons. The van der Waals surface area contributed by atoms with Gasteiger partial charge in [0.15, 0.2) is 0 Å². The fraction of sp³-hybridized carbons (Fsp3) is 0.846. The zero-order chi connectivity index (χ0) is 14.6. The van der Waals surface area contributed by atoms with Crippen molar-refractivity contribution in [3.63, 3.8) is 0 Å². The number of amides is 1. The third-order valence-electron chi connectivity index (χ3n) is 2.83. The molecule has 1 fully saturated rings. The zero-order valence-electron chi connectivity index (χ0n) is 12.1. The van der Waals surface area contributed by atoms with Crippen molar-refractivity contribution in [2.45, 2.75) is 58.2 Å². The third kappa shape index (κ3) is 4.38. The number of carbonyl (C=O) groups is 2. The maximum Gasteiger partial charge on any atom is 0.411 e. The van der Waals surface area contributed by atoms with Crippen LogP contribution in [-0.4, -0.2) is 47.8 Å². The molecular formula is C13H24N2O4. The molecule has 19 heavy (non-hydrogen) atoms. The molecule has 1 amide bonds. The van der Waals surface area contributed by atoms with Crippen molar-refractivity contribution in [3.05, 3.63) is 0 Å². The van der Waals surface area contributed by atoms with Gasteiger partial charge in [0.05, 0.1) is 6.61 Å². The Morgan fingerprint density at radius 2 is 2.00 bits per heavy atom. The van der Waals surface area contributed by atoms with Gasteiger partial charge in [-0.25, -0.2) is 9.59 Å². The maximum absolute atomic E-state index is 12.1. The lowest BCUT2D eigenvalue weighted by Crippen LogP contribution is -2.59. The Hall–Kier alpha value is -1.30. The van der Waals surface area contributed by atoms with E-state index in [0.29, 0.717) is 13.0 Å². The SMILES string of the molecule is CCOC(=O)[C@H]1[C@H](N)CCCN1C(=O)OC(C)(C)C. The molecule has 1 saturated heterocycles. The first-order valence-electron chi connectivity index (χ1n) is 6.68. The van der Waals surface area contributed by atoms with Gasteiger partial charge in [-0.15, -0.1) is 0 Å². The molecule has 6 heteroatoms. The number of hydrogen-bond donors (Lipinski definition) is 1. The molecule has 1 aliphatic heterocycles. The van der Waals surface area contributed by atoms with Crippen molar-refractivity contribution < 1.29 is 19.1 Å². The summed E-state index contributed by atoms with van der Waals surface area (Å²) in [6.07, 6.45) is 0.944. The highest BCUT2D eigenvalue weighted by Gasteiger charge is 2.40. The summed E-state index contributed by atoms with van der Waals surface area (Å²) in [7, 11) is 0. The fourth-order valence-corrected chi connectivity index (χ4v) is 2.08. The summed E-state index contributed by atoms with van der Waals surface area (Å²) < 4.78 is 10.3. The number of rotatable bonds is 2. The lowest BCUT2D eigenvalue weighted by Gasteiger charge is -2.38. The van der Waals surface area contributed by atoms with E-state index in [0.717, 1.165) is 6.42 Å². The second-order valence-corrected chi connectivity index (χ2v) is 5.68. The van der Waals surface area contributed by atoms with Crippen molar-refractivity contribution in [2.75, 3.05) is 13.2 Å². The van der Waals surface area contributed by atoms with Gasteiger partial charge >= 0.3 is 12.1 Å². The maximum atomic E-state index is 12.1. The van der Waals surface area contributed by atoms with Gasteiger partial charge in [-0.2, -0.15) is 0 Å². The van der Waals surface area contributed by atoms with E-state index < -0.39 is 29.7 Å². The highest BCUT2D eigenvalue weighted by atomic mass is 16.6. The molecule has 0 aromatic rings. The summed E-state index contributed by atoms with van der Waals surface area (Å²) in [5, 5.41) is 0. The monoisotopic (exact) mass is 272 g/mol. The van der Waals surface area contributed by atoms with Crippen LogP contribution in [0.2, 0.25) is 0 Å². The number of ether oxygens (including phenoxy) is 2. The van der Waals surface area contributed by atoms with Crippen LogP contribution in [0.3, 0.4) is 0 Å². The zero-order valence-corrected chi connectivity index (χ0v) is 12.1. The minimum absolute atomic E-state index is 0.268. The average molecular weight is 272 g/mol. The molecule has 0 bridgehead atoms. The first kappa shape index (κ1) is 15.8. The molecule has 2 N–H and O–H groups in total. The molecule has 0 aromatic carbocycles. The molecule has 1 rings (SSSR count). The molecule has 6 nitrogen and oxygen atoms in total. The van der Waals surface area contributed by atoms with Crippen LogP contribution in [0.5, 0.6) is 0 Å². The highest BCUT2D eigenvalue weighted by molar-refractivity contribution is 5.82. The topological polar surface area (TPSA) is 81.9 Å². The van der Waals surface area contributed by atoms with Gasteiger partial charge in [0.2, 0.25) is 0 Å². The normalized spacial score (nSPS) is 23.9. The van der Waals surface area contributed by atoms with Gasteiger partial charge in [-0.1, -0.05) is 0 Å². The smallest absolute Gasteiger partial charge is 0.411 e. The van der Waals surface area contributed by atoms with Crippen LogP contribution in [0.4, 0.5) is 4.79 Å². The predicted octanol–water partition coefficient (Wildman–Crippen LogP) is 1.28. The van der Waals surface area contributed by atoms with E-state index in [4.69, 9.17) is 15.2 Å². The van der Waals surface area contributed by atoms with Crippen molar-refractivity contribution in [3.8, 4) is 0 Å². The molecule has 0 unspecified atom stereocenters. The van der Waals surface area contributed by atoms with E-state index in [1.165, 1.54) is 4.90 Å². The van der Waals surface area contributed by atoms with Crippen LogP contribution in [0.1, 0.15) is 40.5 Å². The first-order chi connectivity index (χ1) is 8.76. The van der Waals surface area contributed by atoms with E-state index in [-0.39, 0.29) is 6.61 Å². The summed E-state index contributed by atoms with van der Waals surface area (Å²) in [5.41, 5.74) is 5.35. The lowest BCUT2D eigenvalue weighted by molar-refractivity contribution is -0.151. The molecule has 0 radical (unpaired) electrons. The molecule has 1 aliphatic rings. The molecule has 0 aromatic heterocycles. The number of likely N-dealkylation sites (tertiary alicyclic amines) is 1. The standard InChI is InChI=1S/C13H24N2O4/c1-5-18-11(16)10-9(14)7-6-8-15(10)12(17)19-13(2,3)4/h9-10H,5-8,14H2,1-4H3/t9-,10-/m1/s1. The van der Waals surface area contributed by atoms with Crippen LogP contribution >= 0.6 is 0 Å². The van der Waals surface area contributed by atoms with E-state index >= 15 is 0 Å². The second kappa shape index (κ2) is 6.23. The molecule has 2 atom stereocenters. The number of carbonyl (C=O) groups excluding carboxylic acids is 2. The number of nitrogens with zero attached hydrogens (tertiary/aromatic N) is 1. The van der Waals surface area contributed by atoms with Gasteiger partial charge in [0.25, 0.3) is 0 Å². The van der Waals surface area contributed by atoms with Gasteiger partial charge in [-0.3, -0.25) is 4.90 Å². The molecule has 0 saturated carbocycles. The van der Waals surface area contributed by atoms with Crippen molar-refractivity contribution in [1.29, 1.82) is 0 Å². The molecular weight excluding hydrogens is 248 g/mol. The number of nitrogens with two attached hydrogens (primary N) is 1. The van der Waals surface area contributed by atoms with Crippen molar-refractivity contribution in [1.82, 2.24) is 4.90 Å². The van der Waals surface area contributed by atoms with Gasteiger partial charge < -0.3 is 15.2 Å². The predicted molar refractivity (Wildman–Crippen MR) is 70.6 cm³/mol. The minimum atomic E-state index is -0.747. The number of hydrogen-bond acceptors (Lipinski definition) is 5. The summed E-state index contributed by atoms with van der Waals surface area (Å²) in [6.45, 7) is 7.82.